The predicted molar refractivity (Wildman–Crippen MR) is 484 cm³/mol. The van der Waals surface area contributed by atoms with Crippen molar-refractivity contribution in [2.24, 2.45) is 0 Å². The van der Waals surface area contributed by atoms with Crippen molar-refractivity contribution in [1.29, 1.82) is 0 Å². The molecule has 624 valence electrons. The number of fused-ring (bicyclic) bond motifs is 6. The van der Waals surface area contributed by atoms with Crippen LogP contribution in [0.5, 0.6) is 23.8 Å². The highest BCUT2D eigenvalue weighted by molar-refractivity contribution is 9.10. The molecule has 0 aliphatic heterocycles. The van der Waals surface area contributed by atoms with Crippen LogP contribution in [0.2, 0.25) is 15.1 Å². The number of aromatic nitrogens is 9. The van der Waals surface area contributed by atoms with Crippen molar-refractivity contribution in [1.82, 2.24) is 43.6 Å². The van der Waals surface area contributed by atoms with Gasteiger partial charge in [0.05, 0.1) is 49.1 Å². The molecule has 6 aromatic carbocycles. The van der Waals surface area contributed by atoms with Gasteiger partial charge in [0.25, 0.3) is 5.56 Å². The number of benzene rings is 6. The summed E-state index contributed by atoms with van der Waals surface area (Å²) in [5.41, 5.74) is 8.61. The zero-order valence-electron chi connectivity index (χ0n) is 68.5. The van der Waals surface area contributed by atoms with Crippen molar-refractivity contribution in [3.8, 4) is 46.0 Å². The number of carbonyl (C=O) groups excluding carboxylic acids is 2. The lowest BCUT2D eigenvalue weighted by atomic mass is 9.82. The summed E-state index contributed by atoms with van der Waals surface area (Å²) in [6, 6.07) is 35.8. The molecule has 0 amide bonds. The van der Waals surface area contributed by atoms with Gasteiger partial charge in [-0.05, 0) is 253 Å². The van der Waals surface area contributed by atoms with Crippen molar-refractivity contribution in [3.05, 3.63) is 236 Å². The molecule has 120 heavy (non-hydrogen) atoms. The number of thiophene rings is 3. The number of esters is 2. The molecular weight excluding hydrogens is 1710 g/mol. The van der Waals surface area contributed by atoms with E-state index in [0.29, 0.717) is 58.9 Å². The Hall–Kier alpha value is -10.4. The molecule has 0 saturated carbocycles. The fraction of sp³-hybridized carbons (Fsp3) is 0.292. The Balaban J connectivity index is 0.000000152. The van der Waals surface area contributed by atoms with Crippen LogP contribution in [-0.2, 0) is 62.8 Å². The minimum atomic E-state index is -1.69. The second-order valence-corrected chi connectivity index (χ2v) is 37.2. The molecule has 0 spiro atoms. The number of halogens is 4. The minimum absolute atomic E-state index is 0.108. The molecule has 9 heterocycles. The van der Waals surface area contributed by atoms with Gasteiger partial charge < -0.3 is 62.3 Å². The molecule has 0 aliphatic rings. The predicted octanol–water partition coefficient (Wildman–Crippen LogP) is 19.6. The highest BCUT2D eigenvalue weighted by Gasteiger charge is 2.28. The van der Waals surface area contributed by atoms with Crippen LogP contribution in [0.1, 0.15) is 130 Å². The average molecular weight is 1800 g/mol. The summed E-state index contributed by atoms with van der Waals surface area (Å²) in [5, 5.41) is 42.6. The van der Waals surface area contributed by atoms with E-state index in [4.69, 9.17) is 63.2 Å². The van der Waals surface area contributed by atoms with Crippen LogP contribution < -0.4 is 35.7 Å². The second-order valence-electron chi connectivity index (χ2n) is 32.2. The number of nitrogens with zero attached hydrogens (tertiary/aromatic N) is 7. The molecule has 15 rings (SSSR count). The summed E-state index contributed by atoms with van der Waals surface area (Å²) in [7, 11) is -1.69. The quantitative estimate of drug-likeness (QED) is 0.0330. The maximum atomic E-state index is 12.5. The Morgan fingerprint density at radius 3 is 1.28 bits per heavy atom. The Morgan fingerprint density at radius 2 is 0.875 bits per heavy atom. The third-order valence-electron chi connectivity index (χ3n) is 18.2. The van der Waals surface area contributed by atoms with Gasteiger partial charge in [-0.3, -0.25) is 24.2 Å². The molecule has 0 unspecified atom stereocenters. The topological polar surface area (TPSA) is 299 Å². The lowest BCUT2D eigenvalue weighted by molar-refractivity contribution is -0.143. The molecule has 0 bridgehead atoms. The standard InChI is InChI=1S/C33H36ClN3O4S.C23H16ClN3O4S.C21H17BrClNO2S.C12H21BN2O4/c1-8-39-29(38)14-21-17-37(18-22-19-42-28-12-10-23(34)15-25(22)28)27-13-20(9-11-24(21)27)26-16-35-31(41-33(5,6)7)36-30(26)40-32(2,3)4;24-15-2-4-20-17(7-15)14(11-32-20)10-27-9-13(6-21(28)29)16-3-1-12(5-19(16)27)18-8-25-23(31)26-22(18)30;1-2-26-21(25)7-13-10-24(19-8-15(22)3-5-17(13)19)11-14-12-27-20-6-4-16(23)9-18(14)20;1-11(2,3)18-9-8(13(16)17)7-14-10(15-9)19-12(4,5)6/h9-13,15-17,19H,8,14,18H2,1-7H3;1-5,7-9,11H,6,10H2,(H,28,29)(H2,25,26,30,31);3-6,8-10,12H,2,7,11H2,1H3;7,16-17H,1-6H3. The summed E-state index contributed by atoms with van der Waals surface area (Å²) < 4.78 is 44.7. The van der Waals surface area contributed by atoms with E-state index >= 15 is 0 Å². The van der Waals surface area contributed by atoms with E-state index in [9.17, 15) is 39.1 Å². The normalized spacial score (nSPS) is 11.8. The van der Waals surface area contributed by atoms with Gasteiger partial charge in [0, 0.05) is 123 Å². The molecular formula is C89H90BBrCl3N9O14S3. The van der Waals surface area contributed by atoms with E-state index in [1.54, 1.807) is 46.3 Å². The van der Waals surface area contributed by atoms with Gasteiger partial charge in [-0.25, -0.2) is 14.8 Å². The molecule has 0 atom stereocenters. The molecule has 9 aromatic heterocycles. The van der Waals surface area contributed by atoms with Crippen LogP contribution in [0, 0.1) is 0 Å². The number of carboxylic acids is 1. The zero-order chi connectivity index (χ0) is 86.4. The Bertz CT molecular complexity index is 6440. The van der Waals surface area contributed by atoms with Crippen LogP contribution >= 0.6 is 84.7 Å². The van der Waals surface area contributed by atoms with Gasteiger partial charge in [0.1, 0.15) is 22.4 Å². The van der Waals surface area contributed by atoms with Gasteiger partial charge in [0.15, 0.2) is 0 Å². The Morgan fingerprint density at radius 1 is 0.483 bits per heavy atom. The number of rotatable bonds is 21. The number of carboxylic acid groups (broad SMARTS) is 1. The van der Waals surface area contributed by atoms with Crippen LogP contribution in [0.15, 0.2) is 177 Å². The van der Waals surface area contributed by atoms with Crippen molar-refractivity contribution >= 4 is 178 Å². The van der Waals surface area contributed by atoms with E-state index in [2.05, 4.69) is 95.5 Å². The van der Waals surface area contributed by atoms with Crippen molar-refractivity contribution in [2.75, 3.05) is 13.2 Å². The number of hydrogen-bond acceptors (Lipinski definition) is 20. The highest BCUT2D eigenvalue weighted by Crippen LogP contribution is 2.40. The number of H-pyrrole nitrogens is 2. The van der Waals surface area contributed by atoms with Crippen molar-refractivity contribution in [3.63, 3.8) is 0 Å². The van der Waals surface area contributed by atoms with Crippen LogP contribution in [0.3, 0.4) is 0 Å². The zero-order valence-corrected chi connectivity index (χ0v) is 74.8. The van der Waals surface area contributed by atoms with Gasteiger partial charge in [-0.15, -0.1) is 34.0 Å². The van der Waals surface area contributed by atoms with E-state index < -0.39 is 46.7 Å². The molecule has 0 aliphatic carbocycles. The van der Waals surface area contributed by atoms with Gasteiger partial charge in [0.2, 0.25) is 11.8 Å². The number of ether oxygens (including phenoxy) is 6. The number of hydrogen-bond donors (Lipinski definition) is 5. The van der Waals surface area contributed by atoms with Gasteiger partial charge in [-0.2, -0.15) is 9.97 Å². The maximum Gasteiger partial charge on any atom is 0.495 e. The van der Waals surface area contributed by atoms with E-state index in [-0.39, 0.29) is 54.6 Å². The number of carbonyl (C=O) groups is 3. The fourth-order valence-corrected chi connectivity index (χ4v) is 17.0. The third-order valence-corrected chi connectivity index (χ3v) is 22.4. The SMILES string of the molecule is CC(C)(C)Oc1ncc(B(O)O)c(OC(C)(C)C)n1.CCOC(=O)Cc1cn(Cc2csc3ccc(Cl)cc23)c2cc(-c3cnc(OC(C)(C)C)nc3OC(C)(C)C)ccc12.CCOC(=O)Cc1cn(Cc2csc3ccc(Cl)cc23)c2cc(Br)ccc12.O=C(O)Cc1cn(Cc2csc3ccc(Cl)cc23)c2cc(-c3c[nH]c(=O)[nH]c3=O)ccc12. The molecule has 23 nitrogen and oxygen atoms in total. The molecule has 31 heteroatoms. The third kappa shape index (κ3) is 22.8. The summed E-state index contributed by atoms with van der Waals surface area (Å²) in [4.78, 5) is 81.5. The Kier molecular flexibility index (Phi) is 27.6. The van der Waals surface area contributed by atoms with Crippen LogP contribution in [0.25, 0.3) is 85.2 Å². The monoisotopic (exact) mass is 1800 g/mol. The highest BCUT2D eigenvalue weighted by atomic mass is 79.9. The minimum Gasteiger partial charge on any atom is -0.481 e. The molecule has 0 fully saturated rings. The molecule has 0 saturated heterocycles. The number of aromatic amines is 2. The number of aliphatic carboxylic acids is 1. The molecule has 5 N–H and O–H groups in total. The fourth-order valence-electron chi connectivity index (χ4n) is 13.3. The van der Waals surface area contributed by atoms with Gasteiger partial charge >= 0.3 is 42.7 Å². The Labute approximate surface area is 728 Å². The van der Waals surface area contributed by atoms with E-state index in [1.165, 1.54) is 32.7 Å². The smallest absolute Gasteiger partial charge is 0.481 e. The van der Waals surface area contributed by atoms with Gasteiger partial charge in [-0.1, -0.05) is 81.1 Å². The first kappa shape index (κ1) is 88.9. The summed E-state index contributed by atoms with van der Waals surface area (Å²) in [6.07, 6.45) is 10.7. The first-order valence-corrected chi connectivity index (χ1v) is 43.0. The van der Waals surface area contributed by atoms with E-state index in [1.807, 2.05) is 199 Å². The lowest BCUT2D eigenvalue weighted by Crippen LogP contribution is -2.36. The largest absolute Gasteiger partial charge is 0.495 e. The average Bonchev–Trinajstić information content (AvgIpc) is 1.61. The summed E-state index contributed by atoms with van der Waals surface area (Å²) >= 11 is 27.3. The summed E-state index contributed by atoms with van der Waals surface area (Å²) in [6.45, 7) is 29.2. The molecule has 15 aromatic rings. The van der Waals surface area contributed by atoms with Crippen LogP contribution in [0.4, 0.5) is 0 Å². The number of nitrogens with one attached hydrogen (secondary N) is 2. The molecule has 0 radical (unpaired) electrons. The second kappa shape index (κ2) is 37.3. The lowest BCUT2D eigenvalue weighted by Gasteiger charge is -2.24. The first-order valence-electron chi connectivity index (χ1n) is 38.4. The maximum absolute atomic E-state index is 12.5. The first-order chi connectivity index (χ1) is 56.7. The van der Waals surface area contributed by atoms with E-state index in [0.717, 1.165) is 97.6 Å². The van der Waals surface area contributed by atoms with Crippen molar-refractivity contribution < 1.29 is 58.0 Å². The van der Waals surface area contributed by atoms with Crippen molar-refractivity contribution in [2.45, 2.75) is 158 Å². The van der Waals surface area contributed by atoms with Crippen LogP contribution in [-0.4, -0.2) is 119 Å². The summed E-state index contributed by atoms with van der Waals surface area (Å²) in [5.74, 6) is -0.821.